The molecule has 6 nitrogen and oxygen atoms in total. The molecular weight excluding hydrogens is 486 g/mol. The molecule has 1 aliphatic heterocycles. The van der Waals surface area contributed by atoms with Crippen molar-refractivity contribution < 1.29 is 14.3 Å². The first-order valence-electron chi connectivity index (χ1n) is 12.4. The second-order valence-corrected chi connectivity index (χ2v) is 9.80. The van der Waals surface area contributed by atoms with E-state index in [9.17, 15) is 9.59 Å². The normalized spacial score (nSPS) is 16.0. The summed E-state index contributed by atoms with van der Waals surface area (Å²) in [7, 11) is 0. The zero-order chi connectivity index (χ0) is 25.4. The van der Waals surface area contributed by atoms with Gasteiger partial charge in [0, 0.05) is 17.3 Å². The molecule has 1 atom stereocenters. The largest absolute Gasteiger partial charge is 0.484 e. The van der Waals surface area contributed by atoms with Crippen LogP contribution >= 0.6 is 11.6 Å². The van der Waals surface area contributed by atoms with Crippen LogP contribution in [0.15, 0.2) is 97.2 Å². The highest BCUT2D eigenvalue weighted by atomic mass is 35.5. The van der Waals surface area contributed by atoms with E-state index in [-0.39, 0.29) is 37.0 Å². The average molecular weight is 512 g/mol. The van der Waals surface area contributed by atoms with Crippen molar-refractivity contribution in [1.82, 2.24) is 9.47 Å². The first-order chi connectivity index (χ1) is 18.1. The Morgan fingerprint density at radius 1 is 0.865 bits per heavy atom. The maximum absolute atomic E-state index is 14.1. The summed E-state index contributed by atoms with van der Waals surface area (Å²) < 4.78 is 7.84. The summed E-state index contributed by atoms with van der Waals surface area (Å²) >= 11 is 6.19. The number of hydrogen-bond acceptors (Lipinski definition) is 3. The zero-order valence-corrected chi connectivity index (χ0v) is 20.9. The van der Waals surface area contributed by atoms with Crippen LogP contribution in [-0.2, 0) is 9.59 Å². The number of benzene rings is 3. The molecule has 0 radical (unpaired) electrons. The van der Waals surface area contributed by atoms with Crippen LogP contribution in [0.2, 0.25) is 5.02 Å². The summed E-state index contributed by atoms with van der Waals surface area (Å²) in [5.74, 6) is 0.308. The summed E-state index contributed by atoms with van der Waals surface area (Å²) in [6, 6.07) is 28.5. The minimum Gasteiger partial charge on any atom is -0.484 e. The third kappa shape index (κ3) is 4.60. The molecule has 3 aromatic carbocycles. The average Bonchev–Trinajstić information content (AvgIpc) is 3.65. The van der Waals surface area contributed by atoms with Crippen molar-refractivity contribution in [2.45, 2.75) is 24.9 Å². The minimum atomic E-state index is -0.355. The molecule has 1 unspecified atom stereocenters. The molecule has 37 heavy (non-hydrogen) atoms. The molecule has 1 saturated carbocycles. The summed E-state index contributed by atoms with van der Waals surface area (Å²) in [4.78, 5) is 30.8. The Bertz CT molecular complexity index is 1430. The van der Waals surface area contributed by atoms with Crippen molar-refractivity contribution in [3.05, 3.63) is 113 Å². The molecule has 2 aliphatic rings. The number of amides is 2. The molecule has 0 spiro atoms. The highest BCUT2D eigenvalue weighted by Gasteiger charge is 2.40. The molecule has 2 heterocycles. The maximum Gasteiger partial charge on any atom is 0.261 e. The van der Waals surface area contributed by atoms with Crippen LogP contribution in [0.1, 0.15) is 30.1 Å². The molecule has 6 rings (SSSR count). The lowest BCUT2D eigenvalue weighted by molar-refractivity contribution is -0.137. The molecule has 186 valence electrons. The van der Waals surface area contributed by atoms with E-state index in [1.807, 2.05) is 102 Å². The van der Waals surface area contributed by atoms with Gasteiger partial charge >= 0.3 is 0 Å². The molecule has 1 aromatic heterocycles. The van der Waals surface area contributed by atoms with E-state index in [1.54, 1.807) is 4.90 Å². The van der Waals surface area contributed by atoms with Gasteiger partial charge in [-0.05, 0) is 66.9 Å². The van der Waals surface area contributed by atoms with Gasteiger partial charge in [0.25, 0.3) is 5.91 Å². The number of ether oxygens (including phenoxy) is 1. The highest BCUT2D eigenvalue weighted by Crippen LogP contribution is 2.42. The van der Waals surface area contributed by atoms with Crippen LogP contribution in [0.5, 0.6) is 5.75 Å². The Labute approximate surface area is 220 Å². The van der Waals surface area contributed by atoms with Gasteiger partial charge in [0.2, 0.25) is 5.91 Å². The van der Waals surface area contributed by atoms with Crippen molar-refractivity contribution >= 4 is 29.1 Å². The quantitative estimate of drug-likeness (QED) is 0.323. The lowest BCUT2D eigenvalue weighted by Gasteiger charge is -2.39. The van der Waals surface area contributed by atoms with E-state index in [1.165, 1.54) is 0 Å². The van der Waals surface area contributed by atoms with Crippen LogP contribution in [0.3, 0.4) is 0 Å². The van der Waals surface area contributed by atoms with E-state index < -0.39 is 0 Å². The number of aromatic nitrogens is 1. The van der Waals surface area contributed by atoms with E-state index in [0.717, 1.165) is 35.5 Å². The van der Waals surface area contributed by atoms with E-state index in [2.05, 4.69) is 4.57 Å². The van der Waals surface area contributed by atoms with Crippen molar-refractivity contribution in [2.24, 2.45) is 0 Å². The molecule has 2 amide bonds. The van der Waals surface area contributed by atoms with E-state index in [0.29, 0.717) is 10.8 Å². The molecule has 7 heteroatoms. The predicted octanol–water partition coefficient (Wildman–Crippen LogP) is 5.64. The van der Waals surface area contributed by atoms with Crippen LogP contribution in [-0.4, -0.2) is 40.5 Å². The fraction of sp³-hybridized carbons (Fsp3) is 0.200. The topological polar surface area (TPSA) is 54.8 Å². The number of para-hydroxylation sites is 3. The van der Waals surface area contributed by atoms with Crippen molar-refractivity contribution in [3.8, 4) is 11.4 Å². The molecule has 1 aliphatic carbocycles. The first kappa shape index (κ1) is 23.4. The van der Waals surface area contributed by atoms with Gasteiger partial charge in [-0.25, -0.2) is 0 Å². The smallest absolute Gasteiger partial charge is 0.261 e. The molecule has 0 bridgehead atoms. The third-order valence-electron chi connectivity index (χ3n) is 6.89. The van der Waals surface area contributed by atoms with E-state index >= 15 is 0 Å². The third-order valence-corrected chi connectivity index (χ3v) is 7.14. The summed E-state index contributed by atoms with van der Waals surface area (Å²) in [5.41, 5.74) is 3.66. The number of carbonyl (C=O) groups excluding carboxylic acids is 2. The van der Waals surface area contributed by atoms with Gasteiger partial charge in [-0.3, -0.25) is 14.5 Å². The Morgan fingerprint density at radius 2 is 1.57 bits per heavy atom. The summed E-state index contributed by atoms with van der Waals surface area (Å²) in [5, 5.41) is 0.636. The van der Waals surface area contributed by atoms with Gasteiger partial charge in [0.05, 0.1) is 17.1 Å². The SMILES string of the molecule is O=C(COc1ccccc1)N(CC(=O)N1c2ccccc2-n2cccc2C1c1ccc(Cl)cc1)C1CC1. The Kier molecular flexibility index (Phi) is 6.18. The van der Waals surface area contributed by atoms with Crippen molar-refractivity contribution in [2.75, 3.05) is 18.1 Å². The number of halogens is 1. The number of anilines is 1. The maximum atomic E-state index is 14.1. The van der Waals surface area contributed by atoms with Gasteiger partial charge in [0.1, 0.15) is 18.3 Å². The van der Waals surface area contributed by atoms with Crippen LogP contribution < -0.4 is 9.64 Å². The second kappa shape index (κ2) is 9.79. The van der Waals surface area contributed by atoms with Crippen molar-refractivity contribution in [3.63, 3.8) is 0 Å². The highest BCUT2D eigenvalue weighted by molar-refractivity contribution is 6.30. The van der Waals surface area contributed by atoms with Gasteiger partial charge in [-0.15, -0.1) is 0 Å². The Morgan fingerprint density at radius 3 is 2.30 bits per heavy atom. The lowest BCUT2D eigenvalue weighted by Crippen LogP contribution is -2.48. The number of nitrogens with zero attached hydrogens (tertiary/aromatic N) is 3. The van der Waals surface area contributed by atoms with E-state index in [4.69, 9.17) is 16.3 Å². The fourth-order valence-electron chi connectivity index (χ4n) is 5.00. The zero-order valence-electron chi connectivity index (χ0n) is 20.2. The molecule has 0 N–H and O–H groups in total. The number of rotatable bonds is 7. The van der Waals surface area contributed by atoms with Gasteiger partial charge in [0.15, 0.2) is 6.61 Å². The Balaban J connectivity index is 1.32. The Hall–Kier alpha value is -4.03. The monoisotopic (exact) mass is 511 g/mol. The van der Waals surface area contributed by atoms with Gasteiger partial charge in [-0.2, -0.15) is 0 Å². The molecule has 1 fully saturated rings. The fourth-order valence-corrected chi connectivity index (χ4v) is 5.12. The molecular formula is C30H26ClN3O3. The standard InChI is InChI=1S/C30H26ClN3O3/c31-22-14-12-21(13-15-22)30-27-11-6-18-32(27)25-9-4-5-10-26(25)34(30)28(35)19-33(23-16-17-23)29(36)20-37-24-7-2-1-3-8-24/h1-15,18,23,30H,16-17,19-20H2. The minimum absolute atomic E-state index is 0.0131. The second-order valence-electron chi connectivity index (χ2n) is 9.36. The molecule has 0 saturated heterocycles. The summed E-state index contributed by atoms with van der Waals surface area (Å²) in [6.45, 7) is -0.116. The lowest BCUT2D eigenvalue weighted by atomic mass is 9.97. The van der Waals surface area contributed by atoms with Crippen molar-refractivity contribution in [1.29, 1.82) is 0 Å². The van der Waals surface area contributed by atoms with Crippen LogP contribution in [0, 0.1) is 0 Å². The number of carbonyl (C=O) groups is 2. The first-order valence-corrected chi connectivity index (χ1v) is 12.8. The number of fused-ring (bicyclic) bond motifs is 3. The number of hydrogen-bond donors (Lipinski definition) is 0. The van der Waals surface area contributed by atoms with Gasteiger partial charge < -0.3 is 14.2 Å². The van der Waals surface area contributed by atoms with Crippen LogP contribution in [0.4, 0.5) is 5.69 Å². The summed E-state index contributed by atoms with van der Waals surface area (Å²) in [6.07, 6.45) is 3.80. The van der Waals surface area contributed by atoms with Crippen LogP contribution in [0.25, 0.3) is 5.69 Å². The predicted molar refractivity (Wildman–Crippen MR) is 143 cm³/mol. The van der Waals surface area contributed by atoms with Gasteiger partial charge in [-0.1, -0.05) is 54.1 Å². The molecule has 4 aromatic rings.